The standard InChI is InChI=1S/C16H17ClFN/c1-12(14-5-7-15(17)8-6-14)19-10-9-13-3-2-4-16(18)11-13/h2-8,11-12,19H,9-10H2,1H3. The highest BCUT2D eigenvalue weighted by molar-refractivity contribution is 6.30. The maximum Gasteiger partial charge on any atom is 0.123 e. The van der Waals surface area contributed by atoms with Crippen molar-refractivity contribution < 1.29 is 4.39 Å². The monoisotopic (exact) mass is 277 g/mol. The van der Waals surface area contributed by atoms with Crippen LogP contribution in [0.25, 0.3) is 0 Å². The van der Waals surface area contributed by atoms with Crippen LogP contribution in [-0.2, 0) is 6.42 Å². The number of rotatable bonds is 5. The van der Waals surface area contributed by atoms with E-state index < -0.39 is 0 Å². The Morgan fingerprint density at radius 2 is 1.89 bits per heavy atom. The normalized spacial score (nSPS) is 12.4. The molecule has 0 amide bonds. The van der Waals surface area contributed by atoms with E-state index >= 15 is 0 Å². The first kappa shape index (κ1) is 14.0. The van der Waals surface area contributed by atoms with Gasteiger partial charge in [-0.3, -0.25) is 0 Å². The average Bonchev–Trinajstić information content (AvgIpc) is 2.39. The largest absolute Gasteiger partial charge is 0.310 e. The first-order valence-corrected chi connectivity index (χ1v) is 6.76. The molecule has 19 heavy (non-hydrogen) atoms. The van der Waals surface area contributed by atoms with Gasteiger partial charge in [-0.1, -0.05) is 35.9 Å². The summed E-state index contributed by atoms with van der Waals surface area (Å²) >= 11 is 5.86. The molecule has 1 N–H and O–H groups in total. The molecule has 1 unspecified atom stereocenters. The molecule has 0 aliphatic heterocycles. The first-order chi connectivity index (χ1) is 9.15. The van der Waals surface area contributed by atoms with Crippen LogP contribution in [0.1, 0.15) is 24.1 Å². The lowest BCUT2D eigenvalue weighted by Gasteiger charge is -2.14. The van der Waals surface area contributed by atoms with Gasteiger partial charge in [0.25, 0.3) is 0 Å². The van der Waals surface area contributed by atoms with Gasteiger partial charge >= 0.3 is 0 Å². The summed E-state index contributed by atoms with van der Waals surface area (Å²) in [6.45, 7) is 2.92. The van der Waals surface area contributed by atoms with E-state index in [1.165, 1.54) is 11.6 Å². The summed E-state index contributed by atoms with van der Waals surface area (Å²) in [5.74, 6) is -0.178. The molecule has 2 aromatic rings. The van der Waals surface area contributed by atoms with Gasteiger partial charge in [0.05, 0.1) is 0 Å². The lowest BCUT2D eigenvalue weighted by molar-refractivity contribution is 0.574. The van der Waals surface area contributed by atoms with E-state index in [4.69, 9.17) is 11.6 Å². The lowest BCUT2D eigenvalue weighted by atomic mass is 10.1. The van der Waals surface area contributed by atoms with Crippen molar-refractivity contribution in [1.82, 2.24) is 5.32 Å². The molecule has 0 aliphatic rings. The predicted octanol–water partition coefficient (Wildman–Crippen LogP) is 4.37. The minimum Gasteiger partial charge on any atom is -0.310 e. The van der Waals surface area contributed by atoms with Gasteiger partial charge in [0.2, 0.25) is 0 Å². The zero-order chi connectivity index (χ0) is 13.7. The van der Waals surface area contributed by atoms with E-state index in [0.29, 0.717) is 0 Å². The molecule has 0 bridgehead atoms. The van der Waals surface area contributed by atoms with Gasteiger partial charge in [-0.05, 0) is 55.3 Å². The van der Waals surface area contributed by atoms with Crippen LogP contribution in [0.3, 0.4) is 0 Å². The summed E-state index contributed by atoms with van der Waals surface area (Å²) in [5, 5.41) is 4.17. The van der Waals surface area contributed by atoms with Gasteiger partial charge < -0.3 is 5.32 Å². The fraction of sp³-hybridized carbons (Fsp3) is 0.250. The molecule has 0 spiro atoms. The Morgan fingerprint density at radius 1 is 1.16 bits per heavy atom. The number of hydrogen-bond acceptors (Lipinski definition) is 1. The Hall–Kier alpha value is -1.38. The second-order valence-electron chi connectivity index (χ2n) is 4.61. The summed E-state index contributed by atoms with van der Waals surface area (Å²) in [7, 11) is 0. The third-order valence-corrected chi connectivity index (χ3v) is 3.38. The SMILES string of the molecule is CC(NCCc1cccc(F)c1)c1ccc(Cl)cc1. The van der Waals surface area contributed by atoms with Gasteiger partial charge in [0, 0.05) is 11.1 Å². The van der Waals surface area contributed by atoms with E-state index in [-0.39, 0.29) is 11.9 Å². The van der Waals surface area contributed by atoms with Crippen molar-refractivity contribution in [3.8, 4) is 0 Å². The van der Waals surface area contributed by atoms with E-state index in [1.54, 1.807) is 12.1 Å². The van der Waals surface area contributed by atoms with Crippen molar-refractivity contribution in [3.05, 3.63) is 70.5 Å². The van der Waals surface area contributed by atoms with Gasteiger partial charge in [0.1, 0.15) is 5.82 Å². The highest BCUT2D eigenvalue weighted by Crippen LogP contribution is 2.16. The van der Waals surface area contributed by atoms with Crippen molar-refractivity contribution in [2.75, 3.05) is 6.54 Å². The Morgan fingerprint density at radius 3 is 2.58 bits per heavy atom. The second-order valence-corrected chi connectivity index (χ2v) is 5.04. The van der Waals surface area contributed by atoms with Crippen LogP contribution >= 0.6 is 11.6 Å². The fourth-order valence-corrected chi connectivity index (χ4v) is 2.12. The molecule has 1 nitrogen and oxygen atoms in total. The van der Waals surface area contributed by atoms with Gasteiger partial charge in [-0.2, -0.15) is 0 Å². The Labute approximate surface area is 118 Å². The quantitative estimate of drug-likeness (QED) is 0.856. The summed E-state index contributed by atoms with van der Waals surface area (Å²) in [6.07, 6.45) is 0.815. The Balaban J connectivity index is 1.84. The van der Waals surface area contributed by atoms with Crippen LogP contribution in [0.5, 0.6) is 0 Å². The molecule has 100 valence electrons. The van der Waals surface area contributed by atoms with Crippen molar-refractivity contribution in [2.24, 2.45) is 0 Å². The first-order valence-electron chi connectivity index (χ1n) is 6.38. The molecule has 0 saturated carbocycles. The van der Waals surface area contributed by atoms with Crippen molar-refractivity contribution in [2.45, 2.75) is 19.4 Å². The summed E-state index contributed by atoms with van der Waals surface area (Å²) < 4.78 is 13.0. The van der Waals surface area contributed by atoms with E-state index in [1.807, 2.05) is 30.3 Å². The Kier molecular flexibility index (Phi) is 4.94. The second kappa shape index (κ2) is 6.69. The van der Waals surface area contributed by atoms with Gasteiger partial charge in [0.15, 0.2) is 0 Å². The minimum absolute atomic E-state index is 0.178. The molecule has 0 fully saturated rings. The smallest absolute Gasteiger partial charge is 0.123 e. The van der Waals surface area contributed by atoms with Gasteiger partial charge in [-0.25, -0.2) is 4.39 Å². The van der Waals surface area contributed by atoms with Crippen molar-refractivity contribution >= 4 is 11.6 Å². The lowest BCUT2D eigenvalue weighted by Crippen LogP contribution is -2.21. The predicted molar refractivity (Wildman–Crippen MR) is 78.0 cm³/mol. The number of halogens is 2. The molecule has 0 aromatic heterocycles. The molecule has 0 radical (unpaired) electrons. The number of benzene rings is 2. The molecule has 0 aliphatic carbocycles. The molecule has 2 aromatic carbocycles. The van der Waals surface area contributed by atoms with E-state index in [9.17, 15) is 4.39 Å². The molecule has 1 atom stereocenters. The van der Waals surface area contributed by atoms with Crippen LogP contribution in [0.2, 0.25) is 5.02 Å². The Bertz CT molecular complexity index is 525. The van der Waals surface area contributed by atoms with Crippen LogP contribution in [0, 0.1) is 5.82 Å². The van der Waals surface area contributed by atoms with Crippen LogP contribution in [-0.4, -0.2) is 6.54 Å². The highest BCUT2D eigenvalue weighted by atomic mass is 35.5. The molecule has 0 heterocycles. The summed E-state index contributed by atoms with van der Waals surface area (Å²) in [4.78, 5) is 0. The van der Waals surface area contributed by atoms with Crippen LogP contribution in [0.15, 0.2) is 48.5 Å². The number of hydrogen-bond donors (Lipinski definition) is 1. The fourth-order valence-electron chi connectivity index (χ4n) is 1.99. The van der Waals surface area contributed by atoms with E-state index in [2.05, 4.69) is 12.2 Å². The van der Waals surface area contributed by atoms with Crippen LogP contribution < -0.4 is 5.32 Å². The molecular formula is C16H17ClFN. The molecule has 2 rings (SSSR count). The minimum atomic E-state index is -0.178. The average molecular weight is 278 g/mol. The summed E-state index contributed by atoms with van der Waals surface area (Å²) in [6, 6.07) is 14.8. The third-order valence-electron chi connectivity index (χ3n) is 3.12. The maximum atomic E-state index is 13.0. The maximum absolute atomic E-state index is 13.0. The topological polar surface area (TPSA) is 12.0 Å². The highest BCUT2D eigenvalue weighted by Gasteiger charge is 2.04. The van der Waals surface area contributed by atoms with Crippen molar-refractivity contribution in [3.63, 3.8) is 0 Å². The zero-order valence-corrected chi connectivity index (χ0v) is 11.6. The van der Waals surface area contributed by atoms with Crippen molar-refractivity contribution in [1.29, 1.82) is 0 Å². The zero-order valence-electron chi connectivity index (χ0n) is 10.9. The number of nitrogens with one attached hydrogen (secondary N) is 1. The third kappa shape index (κ3) is 4.34. The summed E-state index contributed by atoms with van der Waals surface area (Å²) in [5.41, 5.74) is 2.21. The van der Waals surface area contributed by atoms with E-state index in [0.717, 1.165) is 23.6 Å². The molecule has 3 heteroatoms. The molecular weight excluding hydrogens is 261 g/mol. The van der Waals surface area contributed by atoms with Crippen LogP contribution in [0.4, 0.5) is 4.39 Å². The molecule has 0 saturated heterocycles. The van der Waals surface area contributed by atoms with Gasteiger partial charge in [-0.15, -0.1) is 0 Å².